The molecule has 1 heterocycles. The van der Waals surface area contributed by atoms with Gasteiger partial charge < -0.3 is 15.4 Å². The van der Waals surface area contributed by atoms with Crippen molar-refractivity contribution >= 4 is 5.96 Å². The monoisotopic (exact) mass is 322 g/mol. The highest BCUT2D eigenvalue weighted by atomic mass is 19.1. The lowest BCUT2D eigenvalue weighted by molar-refractivity contribution is 0.0372. The molecular formula is C17H27FN4O. The Balaban J connectivity index is 1.57. The van der Waals surface area contributed by atoms with Crippen molar-refractivity contribution in [3.63, 3.8) is 0 Å². The number of guanidine groups is 1. The second kappa shape index (κ2) is 10.2. The highest BCUT2D eigenvalue weighted by Gasteiger charge is 2.09. The van der Waals surface area contributed by atoms with E-state index < -0.39 is 0 Å². The lowest BCUT2D eigenvalue weighted by Crippen LogP contribution is -2.38. The number of hydrogen-bond acceptors (Lipinski definition) is 3. The molecule has 0 saturated carbocycles. The van der Waals surface area contributed by atoms with Gasteiger partial charge in [0.25, 0.3) is 0 Å². The van der Waals surface area contributed by atoms with Gasteiger partial charge in [-0.15, -0.1) is 0 Å². The molecule has 2 N–H and O–H groups in total. The Morgan fingerprint density at radius 2 is 2.09 bits per heavy atom. The summed E-state index contributed by atoms with van der Waals surface area (Å²) in [6, 6.07) is 6.59. The van der Waals surface area contributed by atoms with Crippen LogP contribution in [0.4, 0.5) is 4.39 Å². The summed E-state index contributed by atoms with van der Waals surface area (Å²) in [5.74, 6) is 0.538. The van der Waals surface area contributed by atoms with Crippen molar-refractivity contribution in [1.29, 1.82) is 0 Å². The van der Waals surface area contributed by atoms with Gasteiger partial charge in [-0.1, -0.05) is 12.1 Å². The van der Waals surface area contributed by atoms with Gasteiger partial charge in [-0.2, -0.15) is 0 Å². The van der Waals surface area contributed by atoms with Crippen LogP contribution in [0.3, 0.4) is 0 Å². The summed E-state index contributed by atoms with van der Waals surface area (Å²) in [7, 11) is 1.74. The minimum Gasteiger partial charge on any atom is -0.379 e. The zero-order chi connectivity index (χ0) is 16.3. The highest BCUT2D eigenvalue weighted by molar-refractivity contribution is 5.79. The molecule has 1 fully saturated rings. The fourth-order valence-corrected chi connectivity index (χ4v) is 2.55. The van der Waals surface area contributed by atoms with Crippen molar-refractivity contribution in [2.75, 3.05) is 46.4 Å². The van der Waals surface area contributed by atoms with E-state index in [1.807, 2.05) is 6.07 Å². The molecule has 1 aliphatic rings. The molecule has 0 spiro atoms. The van der Waals surface area contributed by atoms with E-state index in [4.69, 9.17) is 4.74 Å². The molecule has 0 radical (unpaired) electrons. The van der Waals surface area contributed by atoms with E-state index in [1.54, 1.807) is 13.1 Å². The lowest BCUT2D eigenvalue weighted by atomic mass is 10.2. The summed E-state index contributed by atoms with van der Waals surface area (Å²) in [6.07, 6.45) is 2.26. The minimum atomic E-state index is -0.213. The van der Waals surface area contributed by atoms with Crippen molar-refractivity contribution in [2.45, 2.75) is 19.4 Å². The Hall–Kier alpha value is -1.66. The molecule has 1 saturated heterocycles. The van der Waals surface area contributed by atoms with Crippen LogP contribution in [0, 0.1) is 5.82 Å². The van der Waals surface area contributed by atoms with E-state index in [2.05, 4.69) is 20.5 Å². The Morgan fingerprint density at radius 3 is 2.83 bits per heavy atom. The topological polar surface area (TPSA) is 48.9 Å². The van der Waals surface area contributed by atoms with E-state index in [1.165, 1.54) is 12.1 Å². The molecule has 6 heteroatoms. The fourth-order valence-electron chi connectivity index (χ4n) is 2.55. The molecule has 5 nitrogen and oxygen atoms in total. The summed E-state index contributed by atoms with van der Waals surface area (Å²) in [5, 5.41) is 6.49. The first kappa shape index (κ1) is 17.7. The third-order valence-corrected chi connectivity index (χ3v) is 3.87. The highest BCUT2D eigenvalue weighted by Crippen LogP contribution is 2.03. The molecular weight excluding hydrogens is 295 g/mol. The number of hydrogen-bond donors (Lipinski definition) is 2. The van der Waals surface area contributed by atoms with Crippen LogP contribution in [-0.4, -0.2) is 57.3 Å². The molecule has 1 aliphatic heterocycles. The molecule has 0 amide bonds. The van der Waals surface area contributed by atoms with Crippen molar-refractivity contribution in [2.24, 2.45) is 4.99 Å². The summed E-state index contributed by atoms with van der Waals surface area (Å²) < 4.78 is 18.5. The molecule has 0 atom stereocenters. The van der Waals surface area contributed by atoms with Gasteiger partial charge in [-0.05, 0) is 37.1 Å². The second-order valence-corrected chi connectivity index (χ2v) is 5.64. The lowest BCUT2D eigenvalue weighted by Gasteiger charge is -2.26. The molecule has 0 aliphatic carbocycles. The number of nitrogens with one attached hydrogen (secondary N) is 2. The summed E-state index contributed by atoms with van der Waals surface area (Å²) in [6.45, 7) is 6.37. The summed E-state index contributed by atoms with van der Waals surface area (Å²) >= 11 is 0. The van der Waals surface area contributed by atoms with Gasteiger partial charge in [0.15, 0.2) is 5.96 Å². The van der Waals surface area contributed by atoms with Crippen LogP contribution >= 0.6 is 0 Å². The van der Waals surface area contributed by atoms with Crippen molar-refractivity contribution in [3.05, 3.63) is 35.6 Å². The number of halogens is 1. The van der Waals surface area contributed by atoms with Gasteiger partial charge in [0.1, 0.15) is 5.82 Å². The van der Waals surface area contributed by atoms with E-state index in [0.717, 1.165) is 63.8 Å². The number of unbranched alkanes of at least 4 members (excludes halogenated alkanes) is 1. The Morgan fingerprint density at radius 1 is 1.26 bits per heavy atom. The standard InChI is InChI=1S/C17H27FN4O/c1-19-17(21-14-15-5-4-6-16(18)13-15)20-7-2-3-8-22-9-11-23-12-10-22/h4-6,13H,2-3,7-12,14H2,1H3,(H2,19,20,21). The zero-order valence-electron chi connectivity index (χ0n) is 13.9. The maximum Gasteiger partial charge on any atom is 0.191 e. The van der Waals surface area contributed by atoms with Crippen LogP contribution < -0.4 is 10.6 Å². The fraction of sp³-hybridized carbons (Fsp3) is 0.588. The van der Waals surface area contributed by atoms with Gasteiger partial charge in [-0.3, -0.25) is 9.89 Å². The predicted octanol–water partition coefficient (Wildman–Crippen LogP) is 1.60. The number of morpholine rings is 1. The number of rotatable bonds is 7. The molecule has 1 aromatic carbocycles. The van der Waals surface area contributed by atoms with E-state index in [0.29, 0.717) is 6.54 Å². The maximum atomic E-state index is 13.1. The minimum absolute atomic E-state index is 0.213. The zero-order valence-corrected chi connectivity index (χ0v) is 13.9. The smallest absolute Gasteiger partial charge is 0.191 e. The quantitative estimate of drug-likeness (QED) is 0.455. The number of ether oxygens (including phenoxy) is 1. The van der Waals surface area contributed by atoms with Crippen molar-refractivity contribution < 1.29 is 9.13 Å². The van der Waals surface area contributed by atoms with Crippen LogP contribution in [0.15, 0.2) is 29.3 Å². The largest absolute Gasteiger partial charge is 0.379 e. The average Bonchev–Trinajstić information content (AvgIpc) is 2.58. The number of benzene rings is 1. The molecule has 0 aromatic heterocycles. The summed E-state index contributed by atoms with van der Waals surface area (Å²) in [5.41, 5.74) is 0.903. The van der Waals surface area contributed by atoms with Gasteiger partial charge in [0.05, 0.1) is 13.2 Å². The average molecular weight is 322 g/mol. The van der Waals surface area contributed by atoms with E-state index in [-0.39, 0.29) is 5.82 Å². The maximum absolute atomic E-state index is 13.1. The van der Waals surface area contributed by atoms with Gasteiger partial charge in [0, 0.05) is 33.2 Å². The molecule has 0 unspecified atom stereocenters. The van der Waals surface area contributed by atoms with E-state index in [9.17, 15) is 4.39 Å². The van der Waals surface area contributed by atoms with Gasteiger partial charge in [-0.25, -0.2) is 4.39 Å². The second-order valence-electron chi connectivity index (χ2n) is 5.64. The Kier molecular flexibility index (Phi) is 7.83. The first-order chi connectivity index (χ1) is 11.3. The number of nitrogens with zero attached hydrogens (tertiary/aromatic N) is 2. The summed E-state index contributed by atoms with van der Waals surface area (Å²) in [4.78, 5) is 6.63. The molecule has 0 bridgehead atoms. The van der Waals surface area contributed by atoms with Crippen LogP contribution in [0.25, 0.3) is 0 Å². The predicted molar refractivity (Wildman–Crippen MR) is 91.1 cm³/mol. The van der Waals surface area contributed by atoms with Crippen LogP contribution in [0.5, 0.6) is 0 Å². The molecule has 1 aromatic rings. The number of aliphatic imine (C=N–C) groups is 1. The van der Waals surface area contributed by atoms with Crippen LogP contribution in [-0.2, 0) is 11.3 Å². The SMILES string of the molecule is CN=C(NCCCCN1CCOCC1)NCc1cccc(F)c1. The molecule has 2 rings (SSSR count). The van der Waals surface area contributed by atoms with Gasteiger partial charge >= 0.3 is 0 Å². The third kappa shape index (κ3) is 6.97. The van der Waals surface area contributed by atoms with Crippen molar-refractivity contribution in [3.8, 4) is 0 Å². The molecule has 128 valence electrons. The Labute approximate surface area is 137 Å². The normalized spacial score (nSPS) is 16.3. The molecule has 23 heavy (non-hydrogen) atoms. The van der Waals surface area contributed by atoms with Gasteiger partial charge in [0.2, 0.25) is 0 Å². The Bertz CT molecular complexity index is 489. The third-order valence-electron chi connectivity index (χ3n) is 3.87. The first-order valence-corrected chi connectivity index (χ1v) is 8.27. The van der Waals surface area contributed by atoms with Crippen LogP contribution in [0.1, 0.15) is 18.4 Å². The van der Waals surface area contributed by atoms with Crippen molar-refractivity contribution in [1.82, 2.24) is 15.5 Å². The van der Waals surface area contributed by atoms with E-state index >= 15 is 0 Å². The van der Waals surface area contributed by atoms with Crippen LogP contribution in [0.2, 0.25) is 0 Å². The first-order valence-electron chi connectivity index (χ1n) is 8.27.